The van der Waals surface area contributed by atoms with Crippen LogP contribution in [0, 0.1) is 0 Å². The molecule has 1 amide bonds. The lowest BCUT2D eigenvalue weighted by molar-refractivity contribution is -0.151. The smallest absolute Gasteiger partial charge is 0.306 e. The fourth-order valence-electron chi connectivity index (χ4n) is 6.90. The summed E-state index contributed by atoms with van der Waals surface area (Å²) in [5.41, 5.74) is 0. The predicted octanol–water partition coefficient (Wildman–Crippen LogP) is 12.6. The maximum atomic E-state index is 13.1. The first-order valence-corrected chi connectivity index (χ1v) is 22.4. The number of unbranched alkanes of at least 4 members (excludes halogenated alkanes) is 26. The maximum absolute atomic E-state index is 13.1. The van der Waals surface area contributed by atoms with E-state index in [1.54, 1.807) is 0 Å². The van der Waals surface area contributed by atoms with E-state index in [0.29, 0.717) is 19.3 Å². The number of allylic oxidation sites excluding steroid dienone is 2. The number of nitrogens with one attached hydrogen (secondary N) is 1. The molecule has 6 nitrogen and oxygen atoms in total. The third kappa shape index (κ3) is 35.4. The van der Waals surface area contributed by atoms with Gasteiger partial charge in [-0.05, 0) is 44.9 Å². The fourth-order valence-corrected chi connectivity index (χ4v) is 6.90. The molecule has 0 aromatic rings. The molecule has 0 aromatic carbocycles. The van der Waals surface area contributed by atoms with Crippen LogP contribution in [0.2, 0.25) is 0 Å². The zero-order chi connectivity index (χ0) is 37.5. The van der Waals surface area contributed by atoms with Gasteiger partial charge >= 0.3 is 5.97 Å². The highest BCUT2D eigenvalue weighted by molar-refractivity contribution is 5.77. The molecule has 0 radical (unpaired) electrons. The van der Waals surface area contributed by atoms with Gasteiger partial charge in [-0.2, -0.15) is 0 Å². The lowest BCUT2D eigenvalue weighted by Gasteiger charge is -2.24. The highest BCUT2D eigenvalue weighted by Crippen LogP contribution is 2.18. The van der Waals surface area contributed by atoms with Crippen molar-refractivity contribution in [2.45, 2.75) is 257 Å². The number of rotatable bonds is 40. The van der Waals surface area contributed by atoms with Gasteiger partial charge in [-0.1, -0.05) is 193 Å². The first-order chi connectivity index (χ1) is 25.0. The molecule has 51 heavy (non-hydrogen) atoms. The molecule has 0 spiro atoms. The lowest BCUT2D eigenvalue weighted by Crippen LogP contribution is -2.46. The molecule has 3 unspecified atom stereocenters. The molecule has 0 aliphatic heterocycles. The van der Waals surface area contributed by atoms with Crippen LogP contribution in [0.4, 0.5) is 0 Å². The zero-order valence-corrected chi connectivity index (χ0v) is 34.3. The van der Waals surface area contributed by atoms with Gasteiger partial charge in [0.2, 0.25) is 5.91 Å². The average Bonchev–Trinajstić information content (AvgIpc) is 3.12. The minimum Gasteiger partial charge on any atom is -0.462 e. The molecule has 0 aromatic heterocycles. The lowest BCUT2D eigenvalue weighted by atomic mass is 10.0. The molecule has 0 aliphatic carbocycles. The Hall–Kier alpha value is -1.40. The third-order valence-corrected chi connectivity index (χ3v) is 10.3. The standard InChI is InChI=1S/C45H87NO5/c1-4-7-10-13-16-19-21-22-23-24-25-28-31-34-37-43(48)42(40-47)46-44(49)39-41(36-33-30-27-18-15-12-9-6-3)51-45(50)38-35-32-29-26-20-17-14-11-8-5-2/h11,14,41-43,47-48H,4-10,12-13,15-40H2,1-3H3,(H,46,49)/b14-11-. The van der Waals surface area contributed by atoms with Crippen molar-refractivity contribution in [1.29, 1.82) is 0 Å². The van der Waals surface area contributed by atoms with Crippen molar-refractivity contribution in [1.82, 2.24) is 5.32 Å². The summed E-state index contributed by atoms with van der Waals surface area (Å²) in [6.07, 6.45) is 41.3. The molecule has 0 aliphatic rings. The summed E-state index contributed by atoms with van der Waals surface area (Å²) in [5, 5.41) is 23.6. The predicted molar refractivity (Wildman–Crippen MR) is 218 cm³/mol. The summed E-state index contributed by atoms with van der Waals surface area (Å²) >= 11 is 0. The Kier molecular flexibility index (Phi) is 38.7. The minimum absolute atomic E-state index is 0.0792. The van der Waals surface area contributed by atoms with Gasteiger partial charge in [-0.15, -0.1) is 0 Å². The summed E-state index contributed by atoms with van der Waals surface area (Å²) in [4.78, 5) is 25.8. The van der Waals surface area contributed by atoms with Crippen molar-refractivity contribution in [3.05, 3.63) is 12.2 Å². The molecule has 0 saturated heterocycles. The molecule has 0 bridgehead atoms. The summed E-state index contributed by atoms with van der Waals surface area (Å²) in [6.45, 7) is 6.40. The van der Waals surface area contributed by atoms with Crippen LogP contribution in [0.1, 0.15) is 239 Å². The van der Waals surface area contributed by atoms with E-state index in [4.69, 9.17) is 4.74 Å². The summed E-state index contributed by atoms with van der Waals surface area (Å²) in [7, 11) is 0. The Balaban J connectivity index is 4.44. The van der Waals surface area contributed by atoms with Gasteiger partial charge in [0, 0.05) is 6.42 Å². The van der Waals surface area contributed by atoms with Gasteiger partial charge < -0.3 is 20.3 Å². The van der Waals surface area contributed by atoms with Crippen LogP contribution in [-0.2, 0) is 14.3 Å². The van der Waals surface area contributed by atoms with Gasteiger partial charge in [0.25, 0.3) is 0 Å². The van der Waals surface area contributed by atoms with Crippen molar-refractivity contribution in [3.8, 4) is 0 Å². The van der Waals surface area contributed by atoms with Gasteiger partial charge in [-0.3, -0.25) is 9.59 Å². The third-order valence-electron chi connectivity index (χ3n) is 10.3. The maximum Gasteiger partial charge on any atom is 0.306 e. The second-order valence-corrected chi connectivity index (χ2v) is 15.5. The first kappa shape index (κ1) is 49.6. The van der Waals surface area contributed by atoms with Gasteiger partial charge in [0.1, 0.15) is 6.10 Å². The number of aliphatic hydroxyl groups is 2. The molecule has 0 rings (SSSR count). The van der Waals surface area contributed by atoms with Crippen LogP contribution < -0.4 is 5.32 Å². The Morgan fingerprint density at radius 2 is 0.980 bits per heavy atom. The number of esters is 1. The zero-order valence-electron chi connectivity index (χ0n) is 34.3. The van der Waals surface area contributed by atoms with E-state index in [2.05, 4.69) is 38.2 Å². The number of hydrogen-bond donors (Lipinski definition) is 3. The number of hydrogen-bond acceptors (Lipinski definition) is 5. The molecular formula is C45H87NO5. The van der Waals surface area contributed by atoms with Crippen LogP contribution in [0.15, 0.2) is 12.2 Å². The molecule has 302 valence electrons. The number of amides is 1. The van der Waals surface area contributed by atoms with Crippen LogP contribution >= 0.6 is 0 Å². The van der Waals surface area contributed by atoms with Crippen molar-refractivity contribution >= 4 is 11.9 Å². The van der Waals surface area contributed by atoms with E-state index < -0.39 is 18.2 Å². The molecule has 0 heterocycles. The molecule has 0 saturated carbocycles. The Morgan fingerprint density at radius 1 is 0.549 bits per heavy atom. The van der Waals surface area contributed by atoms with Crippen molar-refractivity contribution in [2.75, 3.05) is 6.61 Å². The van der Waals surface area contributed by atoms with E-state index in [9.17, 15) is 19.8 Å². The monoisotopic (exact) mass is 722 g/mol. The number of carbonyl (C=O) groups is 2. The summed E-state index contributed by atoms with van der Waals surface area (Å²) < 4.78 is 5.86. The fraction of sp³-hybridized carbons (Fsp3) is 0.911. The molecule has 3 atom stereocenters. The number of ether oxygens (including phenoxy) is 1. The first-order valence-electron chi connectivity index (χ1n) is 22.4. The molecular weight excluding hydrogens is 634 g/mol. The molecule has 3 N–H and O–H groups in total. The second kappa shape index (κ2) is 39.8. The SMILES string of the molecule is CCC/C=C\CCCCCCCC(=O)OC(CCCCCCCCCC)CC(=O)NC(CO)C(O)CCCCCCCCCCCCCCCC. The second-order valence-electron chi connectivity index (χ2n) is 15.5. The van der Waals surface area contributed by atoms with E-state index in [1.165, 1.54) is 135 Å². The van der Waals surface area contributed by atoms with Crippen LogP contribution in [0.3, 0.4) is 0 Å². The van der Waals surface area contributed by atoms with E-state index >= 15 is 0 Å². The number of carbonyl (C=O) groups excluding carboxylic acids is 2. The quantitative estimate of drug-likeness (QED) is 0.0332. The molecule has 6 heteroatoms. The Labute approximate surface area is 317 Å². The van der Waals surface area contributed by atoms with Crippen molar-refractivity contribution in [3.63, 3.8) is 0 Å². The van der Waals surface area contributed by atoms with Gasteiger partial charge in [0.05, 0.1) is 25.2 Å². The van der Waals surface area contributed by atoms with Crippen molar-refractivity contribution < 1.29 is 24.5 Å². The van der Waals surface area contributed by atoms with Crippen molar-refractivity contribution in [2.24, 2.45) is 0 Å². The highest BCUT2D eigenvalue weighted by atomic mass is 16.5. The Morgan fingerprint density at radius 3 is 1.47 bits per heavy atom. The highest BCUT2D eigenvalue weighted by Gasteiger charge is 2.24. The Bertz CT molecular complexity index is 772. The number of aliphatic hydroxyl groups excluding tert-OH is 2. The molecule has 0 fully saturated rings. The van der Waals surface area contributed by atoms with E-state index in [0.717, 1.165) is 57.8 Å². The summed E-state index contributed by atoms with van der Waals surface area (Å²) in [5.74, 6) is -0.481. The van der Waals surface area contributed by atoms with E-state index in [-0.39, 0.29) is 24.9 Å². The van der Waals surface area contributed by atoms with Crippen LogP contribution in [0.25, 0.3) is 0 Å². The normalized spacial score (nSPS) is 13.4. The topological polar surface area (TPSA) is 95.9 Å². The van der Waals surface area contributed by atoms with Gasteiger partial charge in [0.15, 0.2) is 0 Å². The largest absolute Gasteiger partial charge is 0.462 e. The average molecular weight is 722 g/mol. The van der Waals surface area contributed by atoms with Crippen LogP contribution in [0.5, 0.6) is 0 Å². The van der Waals surface area contributed by atoms with E-state index in [1.807, 2.05) is 0 Å². The minimum atomic E-state index is -0.780. The summed E-state index contributed by atoms with van der Waals surface area (Å²) in [6, 6.07) is -0.693. The van der Waals surface area contributed by atoms with Crippen LogP contribution in [-0.4, -0.2) is 46.9 Å². The van der Waals surface area contributed by atoms with Gasteiger partial charge in [-0.25, -0.2) is 0 Å².